The van der Waals surface area contributed by atoms with Crippen LogP contribution in [0.2, 0.25) is 5.02 Å². The highest BCUT2D eigenvalue weighted by Gasteiger charge is 2.33. The molecule has 1 aliphatic carbocycles. The smallest absolute Gasteiger partial charge is 0.341 e. The Kier molecular flexibility index (Phi) is 6.44. The van der Waals surface area contributed by atoms with Gasteiger partial charge in [-0.3, -0.25) is 9.79 Å². The molecule has 1 atom stereocenters. The lowest BCUT2D eigenvalue weighted by Crippen LogP contribution is -2.25. The number of halogens is 2. The Bertz CT molecular complexity index is 1470. The standard InChI is InChI=1S/C25H23ClFN5O4/c1-36-30-21-13-31(11-15(21)10-28-9-14-4-2-3-5-19(14)26)24-20(27)8-17-22(33)18(25(34)35)12-32(16-6-7-16)23(17)29-24/h2-5,8-9,12,15-16H,6-7,10-11,13H2,1H3,(H,34,35)/b28-9?,30-21+. The Balaban J connectivity index is 1.47. The number of anilines is 1. The maximum Gasteiger partial charge on any atom is 0.341 e. The van der Waals surface area contributed by atoms with E-state index in [0.29, 0.717) is 23.8 Å². The summed E-state index contributed by atoms with van der Waals surface area (Å²) in [6, 6.07) is 8.48. The van der Waals surface area contributed by atoms with E-state index >= 15 is 4.39 Å². The van der Waals surface area contributed by atoms with Crippen molar-refractivity contribution in [3.8, 4) is 0 Å². The fraction of sp³-hybridized carbons (Fsp3) is 0.320. The zero-order chi connectivity index (χ0) is 25.4. The number of nitrogens with zero attached hydrogens (tertiary/aromatic N) is 5. The Morgan fingerprint density at radius 2 is 2.14 bits per heavy atom. The van der Waals surface area contributed by atoms with Crippen LogP contribution in [0.3, 0.4) is 0 Å². The molecule has 1 aromatic carbocycles. The molecule has 0 radical (unpaired) electrons. The van der Waals surface area contributed by atoms with Crippen molar-refractivity contribution in [3.05, 3.63) is 68.7 Å². The molecule has 0 bridgehead atoms. The number of hydrogen-bond acceptors (Lipinski definition) is 7. The average Bonchev–Trinajstić information content (AvgIpc) is 3.62. The number of carboxylic acids is 1. The van der Waals surface area contributed by atoms with Gasteiger partial charge in [-0.2, -0.15) is 0 Å². The number of hydrogen-bond donors (Lipinski definition) is 1. The molecular weight excluding hydrogens is 489 g/mol. The Morgan fingerprint density at radius 3 is 2.83 bits per heavy atom. The van der Waals surface area contributed by atoms with Crippen LogP contribution in [0.4, 0.5) is 10.2 Å². The van der Waals surface area contributed by atoms with Crippen LogP contribution in [0.25, 0.3) is 11.0 Å². The van der Waals surface area contributed by atoms with E-state index in [4.69, 9.17) is 16.4 Å². The van der Waals surface area contributed by atoms with E-state index in [2.05, 4.69) is 15.1 Å². The van der Waals surface area contributed by atoms with E-state index in [0.717, 1.165) is 24.5 Å². The second kappa shape index (κ2) is 9.69. The second-order valence-electron chi connectivity index (χ2n) is 8.84. The Morgan fingerprint density at radius 1 is 1.36 bits per heavy atom. The lowest BCUT2D eigenvalue weighted by atomic mass is 10.1. The zero-order valence-electron chi connectivity index (χ0n) is 19.4. The van der Waals surface area contributed by atoms with Crippen molar-refractivity contribution >= 4 is 46.3 Å². The number of carbonyl (C=O) groups is 1. The second-order valence-corrected chi connectivity index (χ2v) is 9.25. The van der Waals surface area contributed by atoms with Crippen LogP contribution < -0.4 is 10.3 Å². The highest BCUT2D eigenvalue weighted by Crippen LogP contribution is 2.37. The van der Waals surface area contributed by atoms with Crippen molar-refractivity contribution in [1.29, 1.82) is 0 Å². The number of carboxylic acid groups (broad SMARTS) is 1. The summed E-state index contributed by atoms with van der Waals surface area (Å²) in [5.74, 6) is -2.14. The molecule has 36 heavy (non-hydrogen) atoms. The first-order chi connectivity index (χ1) is 17.4. The van der Waals surface area contributed by atoms with Crippen molar-refractivity contribution in [2.75, 3.05) is 31.6 Å². The lowest BCUT2D eigenvalue weighted by Gasteiger charge is -2.19. The van der Waals surface area contributed by atoms with Crippen molar-refractivity contribution in [1.82, 2.24) is 9.55 Å². The number of oxime groups is 1. The van der Waals surface area contributed by atoms with Crippen LogP contribution in [-0.4, -0.2) is 59.3 Å². The van der Waals surface area contributed by atoms with Gasteiger partial charge in [-0.05, 0) is 25.0 Å². The molecule has 0 spiro atoms. The maximum atomic E-state index is 15.3. The van der Waals surface area contributed by atoms with Gasteiger partial charge >= 0.3 is 5.97 Å². The third-order valence-electron chi connectivity index (χ3n) is 6.34. The molecule has 2 aliphatic rings. The van der Waals surface area contributed by atoms with Crippen LogP contribution >= 0.6 is 11.6 Å². The van der Waals surface area contributed by atoms with Gasteiger partial charge in [0.25, 0.3) is 0 Å². The zero-order valence-corrected chi connectivity index (χ0v) is 20.2. The molecule has 3 heterocycles. The molecule has 2 aromatic heterocycles. The van der Waals surface area contributed by atoms with Crippen LogP contribution in [0.1, 0.15) is 34.8 Å². The molecule has 3 aromatic rings. The predicted molar refractivity (Wildman–Crippen MR) is 135 cm³/mol. The average molecular weight is 512 g/mol. The Labute approximate surface area is 210 Å². The predicted octanol–water partition coefficient (Wildman–Crippen LogP) is 3.78. The van der Waals surface area contributed by atoms with Gasteiger partial charge in [-0.1, -0.05) is 35.0 Å². The summed E-state index contributed by atoms with van der Waals surface area (Å²) in [6.45, 7) is 1.04. The van der Waals surface area contributed by atoms with Crippen LogP contribution in [0.15, 0.2) is 51.5 Å². The molecule has 0 amide bonds. The fourth-order valence-electron chi connectivity index (χ4n) is 4.41. The number of pyridine rings is 2. The van der Waals surface area contributed by atoms with Gasteiger partial charge in [0.15, 0.2) is 11.6 Å². The summed E-state index contributed by atoms with van der Waals surface area (Å²) < 4.78 is 17.0. The Hall–Kier alpha value is -3.79. The minimum absolute atomic E-state index is 0.0353. The highest BCUT2D eigenvalue weighted by molar-refractivity contribution is 6.33. The van der Waals surface area contributed by atoms with Crippen molar-refractivity contribution < 1.29 is 19.1 Å². The normalized spacial score (nSPS) is 19.0. The number of aliphatic imine (C=N–C) groups is 1. The summed E-state index contributed by atoms with van der Waals surface area (Å²) >= 11 is 6.19. The van der Waals surface area contributed by atoms with Crippen LogP contribution in [0, 0.1) is 11.7 Å². The minimum atomic E-state index is -1.35. The number of aromatic nitrogens is 2. The molecule has 1 unspecified atom stereocenters. The lowest BCUT2D eigenvalue weighted by molar-refractivity contribution is 0.0695. The van der Waals surface area contributed by atoms with Gasteiger partial charge < -0.3 is 19.4 Å². The molecule has 1 saturated heterocycles. The van der Waals surface area contributed by atoms with E-state index in [1.54, 1.807) is 21.7 Å². The third kappa shape index (κ3) is 4.56. The van der Waals surface area contributed by atoms with Crippen LogP contribution in [0.5, 0.6) is 0 Å². The number of benzene rings is 1. The summed E-state index contributed by atoms with van der Waals surface area (Å²) in [7, 11) is 1.45. The van der Waals surface area contributed by atoms with E-state index < -0.39 is 22.8 Å². The third-order valence-corrected chi connectivity index (χ3v) is 6.69. The molecule has 1 saturated carbocycles. The van der Waals surface area contributed by atoms with E-state index in [-0.39, 0.29) is 35.4 Å². The van der Waals surface area contributed by atoms with Gasteiger partial charge in [0.2, 0.25) is 5.43 Å². The molecule has 11 heteroatoms. The van der Waals surface area contributed by atoms with Gasteiger partial charge in [-0.15, -0.1) is 0 Å². The fourth-order valence-corrected chi connectivity index (χ4v) is 4.59. The first-order valence-corrected chi connectivity index (χ1v) is 11.8. The number of fused-ring (bicyclic) bond motifs is 1. The summed E-state index contributed by atoms with van der Waals surface area (Å²) in [4.78, 5) is 40.1. The number of aromatic carboxylic acids is 1. The molecular formula is C25H23ClFN5O4. The molecule has 186 valence electrons. The monoisotopic (exact) mass is 511 g/mol. The van der Waals surface area contributed by atoms with E-state index in [1.807, 2.05) is 18.2 Å². The van der Waals surface area contributed by atoms with Crippen molar-refractivity contribution in [2.45, 2.75) is 18.9 Å². The minimum Gasteiger partial charge on any atom is -0.477 e. The topological polar surface area (TPSA) is 109 Å². The largest absolute Gasteiger partial charge is 0.477 e. The van der Waals surface area contributed by atoms with Gasteiger partial charge in [0, 0.05) is 48.0 Å². The SMILES string of the molecule is CO/N=C1\CN(c2nc3c(cc2F)c(=O)c(C(=O)O)cn3C2CC2)CC1CN=Cc1ccccc1Cl. The first-order valence-electron chi connectivity index (χ1n) is 11.4. The number of rotatable bonds is 7. The van der Waals surface area contributed by atoms with Crippen LogP contribution in [-0.2, 0) is 4.84 Å². The molecule has 5 rings (SSSR count). The molecule has 1 aliphatic heterocycles. The van der Waals surface area contributed by atoms with Crippen molar-refractivity contribution in [2.24, 2.45) is 16.1 Å². The van der Waals surface area contributed by atoms with Gasteiger partial charge in [0.05, 0.1) is 17.6 Å². The summed E-state index contributed by atoms with van der Waals surface area (Å²) in [5, 5.41) is 14.1. The highest BCUT2D eigenvalue weighted by atomic mass is 35.5. The van der Waals surface area contributed by atoms with Gasteiger partial charge in [0.1, 0.15) is 18.3 Å². The quantitative estimate of drug-likeness (QED) is 0.382. The molecule has 2 fully saturated rings. The molecule has 1 N–H and O–H groups in total. The van der Waals surface area contributed by atoms with Crippen molar-refractivity contribution in [3.63, 3.8) is 0 Å². The summed E-state index contributed by atoms with van der Waals surface area (Å²) in [6.07, 6.45) is 4.68. The molecule has 9 nitrogen and oxygen atoms in total. The summed E-state index contributed by atoms with van der Waals surface area (Å²) in [5.41, 5.74) is 0.614. The maximum absolute atomic E-state index is 15.3. The van der Waals surface area contributed by atoms with Gasteiger partial charge in [-0.25, -0.2) is 14.2 Å². The first kappa shape index (κ1) is 23.9. The van der Waals surface area contributed by atoms with E-state index in [9.17, 15) is 14.7 Å². The van der Waals surface area contributed by atoms with E-state index in [1.165, 1.54) is 13.3 Å².